The zero-order valence-electron chi connectivity index (χ0n) is 8.64. The van der Waals surface area contributed by atoms with Crippen LogP contribution in [0.2, 0.25) is 0 Å². The maximum atomic E-state index is 11.1. The number of carboxylic acids is 1. The van der Waals surface area contributed by atoms with E-state index in [1.807, 2.05) is 12.4 Å². The fraction of sp³-hybridized carbons (Fsp3) is 0.375. The van der Waals surface area contributed by atoms with Crippen molar-refractivity contribution in [1.82, 2.24) is 15.3 Å². The first-order chi connectivity index (χ1) is 7.61. The molecule has 16 heavy (non-hydrogen) atoms. The van der Waals surface area contributed by atoms with Crippen LogP contribution >= 0.6 is 0 Å². The van der Waals surface area contributed by atoms with Gasteiger partial charge in [0.05, 0.1) is 11.9 Å². The highest BCUT2D eigenvalue weighted by Crippen LogP contribution is 2.03. The molecule has 0 saturated heterocycles. The highest BCUT2D eigenvalue weighted by molar-refractivity contribution is 5.88. The third kappa shape index (κ3) is 3.96. The number of hydroxylamine groups is 1. The molecule has 0 bridgehead atoms. The van der Waals surface area contributed by atoms with Crippen molar-refractivity contribution >= 4 is 17.7 Å². The Labute approximate surface area is 91.1 Å². The molecule has 0 fully saturated rings. The average molecular weight is 228 g/mol. The second kappa shape index (κ2) is 5.71. The van der Waals surface area contributed by atoms with E-state index in [1.165, 1.54) is 6.20 Å². The number of carbonyl (C=O) groups excluding carboxylic acids is 1. The summed E-state index contributed by atoms with van der Waals surface area (Å²) in [6.07, 6.45) is 3.11. The van der Waals surface area contributed by atoms with E-state index in [4.69, 9.17) is 5.11 Å². The van der Waals surface area contributed by atoms with E-state index in [2.05, 4.69) is 15.3 Å². The van der Waals surface area contributed by atoms with Crippen molar-refractivity contribution in [3.05, 3.63) is 12.4 Å². The molecule has 0 aliphatic rings. The van der Waals surface area contributed by atoms with Crippen molar-refractivity contribution in [2.24, 2.45) is 0 Å². The lowest BCUT2D eigenvalue weighted by Gasteiger charge is -2.03. The fourth-order valence-corrected chi connectivity index (χ4v) is 0.921. The number of aryl methyl sites for hydroxylation is 1. The van der Waals surface area contributed by atoms with Crippen LogP contribution in [0.5, 0.6) is 0 Å². The zero-order chi connectivity index (χ0) is 12.0. The third-order valence-electron chi connectivity index (χ3n) is 1.58. The number of urea groups is 1. The lowest BCUT2D eigenvalue weighted by Crippen LogP contribution is -2.30. The van der Waals surface area contributed by atoms with Gasteiger partial charge in [-0.1, -0.05) is 0 Å². The van der Waals surface area contributed by atoms with Crippen LogP contribution in [0, 0.1) is 0 Å². The van der Waals surface area contributed by atoms with Crippen molar-refractivity contribution in [1.29, 1.82) is 0 Å². The van der Waals surface area contributed by atoms with Gasteiger partial charge in [0.25, 0.3) is 0 Å². The summed E-state index contributed by atoms with van der Waals surface area (Å²) in [7, 11) is 0. The number of nitrogens with one attached hydrogen (secondary N) is 2. The largest absolute Gasteiger partial charge is 0.479 e. The van der Waals surface area contributed by atoms with Crippen molar-refractivity contribution in [3.8, 4) is 0 Å². The van der Waals surface area contributed by atoms with Crippen LogP contribution in [0.3, 0.4) is 0 Å². The normalized spacial score (nSPS) is 9.81. The molecule has 0 aliphatic heterocycles. The predicted molar refractivity (Wildman–Crippen MR) is 53.6 cm³/mol. The molecule has 1 aromatic heterocycles. The summed E-state index contributed by atoms with van der Waals surface area (Å²) >= 11 is 0. The number of anilines is 1. The molecular formula is C8H12N4O4. The van der Waals surface area contributed by atoms with Gasteiger partial charge in [-0.2, -0.15) is 5.10 Å². The summed E-state index contributed by atoms with van der Waals surface area (Å²) in [5.41, 5.74) is 2.42. The van der Waals surface area contributed by atoms with Crippen LogP contribution in [0.4, 0.5) is 10.5 Å². The molecule has 0 spiro atoms. The average Bonchev–Trinajstić information content (AvgIpc) is 2.65. The second-order valence-corrected chi connectivity index (χ2v) is 2.82. The van der Waals surface area contributed by atoms with Gasteiger partial charge in [-0.15, -0.1) is 0 Å². The van der Waals surface area contributed by atoms with Crippen molar-refractivity contribution in [2.45, 2.75) is 13.5 Å². The van der Waals surface area contributed by atoms with E-state index >= 15 is 0 Å². The Bertz CT molecular complexity index is 376. The molecule has 2 amide bonds. The summed E-state index contributed by atoms with van der Waals surface area (Å²) in [5.74, 6) is -1.17. The number of carboxylic acid groups (broad SMARTS) is 1. The molecule has 88 valence electrons. The molecule has 8 nitrogen and oxygen atoms in total. The first-order valence-electron chi connectivity index (χ1n) is 4.55. The molecule has 0 radical (unpaired) electrons. The lowest BCUT2D eigenvalue weighted by atomic mass is 10.6. The Balaban J connectivity index is 2.31. The van der Waals surface area contributed by atoms with Gasteiger partial charge in [0.15, 0.2) is 6.61 Å². The van der Waals surface area contributed by atoms with E-state index in [0.717, 1.165) is 0 Å². The summed E-state index contributed by atoms with van der Waals surface area (Å²) < 4.78 is 1.63. The van der Waals surface area contributed by atoms with E-state index in [0.29, 0.717) is 12.2 Å². The minimum absolute atomic E-state index is 0.498. The Hall–Kier alpha value is -2.09. The number of hydrogen-bond acceptors (Lipinski definition) is 4. The van der Waals surface area contributed by atoms with Gasteiger partial charge in [0.2, 0.25) is 0 Å². The Morgan fingerprint density at radius 3 is 2.94 bits per heavy atom. The smallest absolute Gasteiger partial charge is 0.343 e. The van der Waals surface area contributed by atoms with Crippen LogP contribution in [0.1, 0.15) is 6.92 Å². The van der Waals surface area contributed by atoms with E-state index in [1.54, 1.807) is 10.9 Å². The quantitative estimate of drug-likeness (QED) is 0.617. The Kier molecular flexibility index (Phi) is 4.28. The highest BCUT2D eigenvalue weighted by atomic mass is 16.7. The lowest BCUT2D eigenvalue weighted by molar-refractivity contribution is -0.143. The van der Waals surface area contributed by atoms with E-state index in [-0.39, 0.29) is 0 Å². The van der Waals surface area contributed by atoms with Gasteiger partial charge in [-0.05, 0) is 6.92 Å². The zero-order valence-corrected chi connectivity index (χ0v) is 8.64. The van der Waals surface area contributed by atoms with E-state index < -0.39 is 18.6 Å². The minimum atomic E-state index is -1.17. The molecule has 0 aromatic carbocycles. The standard InChI is InChI=1S/C8H12N4O4/c1-2-12-4-6(3-9-12)10-8(15)11-16-5-7(13)14/h3-4H,2,5H2,1H3,(H,13,14)(H2,10,11,15). The Morgan fingerprint density at radius 2 is 2.38 bits per heavy atom. The molecule has 1 rings (SSSR count). The number of amides is 2. The van der Waals surface area contributed by atoms with Crippen LogP contribution in [-0.2, 0) is 16.2 Å². The molecule has 8 heteroatoms. The van der Waals surface area contributed by atoms with Gasteiger partial charge >= 0.3 is 12.0 Å². The number of aromatic nitrogens is 2. The summed E-state index contributed by atoms with van der Waals surface area (Å²) in [4.78, 5) is 25.6. The number of carbonyl (C=O) groups is 2. The number of nitrogens with zero attached hydrogens (tertiary/aromatic N) is 2. The van der Waals surface area contributed by atoms with Crippen molar-refractivity contribution < 1.29 is 19.5 Å². The topological polar surface area (TPSA) is 105 Å². The van der Waals surface area contributed by atoms with E-state index in [9.17, 15) is 9.59 Å². The van der Waals surface area contributed by atoms with Gasteiger partial charge in [-0.25, -0.2) is 15.1 Å². The van der Waals surface area contributed by atoms with Gasteiger partial charge in [0, 0.05) is 12.7 Å². The first-order valence-corrected chi connectivity index (χ1v) is 4.55. The van der Waals surface area contributed by atoms with Crippen LogP contribution in [0.15, 0.2) is 12.4 Å². The number of rotatable bonds is 5. The molecule has 0 saturated carbocycles. The third-order valence-corrected chi connectivity index (χ3v) is 1.58. The maximum Gasteiger partial charge on any atom is 0.343 e. The Morgan fingerprint density at radius 1 is 1.62 bits per heavy atom. The molecular weight excluding hydrogens is 216 g/mol. The second-order valence-electron chi connectivity index (χ2n) is 2.82. The maximum absolute atomic E-state index is 11.1. The van der Waals surface area contributed by atoms with Gasteiger partial charge in [0.1, 0.15) is 0 Å². The van der Waals surface area contributed by atoms with Crippen molar-refractivity contribution in [2.75, 3.05) is 11.9 Å². The van der Waals surface area contributed by atoms with Gasteiger partial charge < -0.3 is 10.4 Å². The first kappa shape index (κ1) is 12.0. The molecule has 1 heterocycles. The predicted octanol–water partition coefficient (Wildman–Crippen LogP) is 0.0407. The van der Waals surface area contributed by atoms with Gasteiger partial charge in [-0.3, -0.25) is 9.52 Å². The molecule has 0 atom stereocenters. The summed E-state index contributed by atoms with van der Waals surface area (Å²) in [6, 6.07) is -0.656. The SMILES string of the molecule is CCn1cc(NC(=O)NOCC(=O)O)cn1. The monoisotopic (exact) mass is 228 g/mol. The molecule has 0 unspecified atom stereocenters. The van der Waals surface area contributed by atoms with Crippen LogP contribution in [0.25, 0.3) is 0 Å². The fourth-order valence-electron chi connectivity index (χ4n) is 0.921. The van der Waals surface area contributed by atoms with Crippen LogP contribution < -0.4 is 10.8 Å². The molecule has 3 N–H and O–H groups in total. The van der Waals surface area contributed by atoms with Crippen molar-refractivity contribution in [3.63, 3.8) is 0 Å². The number of aliphatic carboxylic acids is 1. The highest BCUT2D eigenvalue weighted by Gasteiger charge is 2.04. The molecule has 0 aliphatic carbocycles. The minimum Gasteiger partial charge on any atom is -0.479 e. The molecule has 1 aromatic rings. The number of hydrogen-bond donors (Lipinski definition) is 3. The summed E-state index contributed by atoms with van der Waals surface area (Å²) in [6.45, 7) is 2.01. The summed E-state index contributed by atoms with van der Waals surface area (Å²) in [5, 5.41) is 14.6. The van der Waals surface area contributed by atoms with Crippen LogP contribution in [-0.4, -0.2) is 33.5 Å².